The Morgan fingerprint density at radius 2 is 2.25 bits per heavy atom. The maximum atomic E-state index is 11.4. The minimum atomic E-state index is -0.381. The van der Waals surface area contributed by atoms with Gasteiger partial charge < -0.3 is 0 Å². The SMILES string of the molecule is CCCCn1nc(CCC(=O)Cl)ccc1=O. The zero-order valence-electron chi connectivity index (χ0n) is 9.28. The number of carbonyl (C=O) groups excluding carboxylic acids is 1. The number of halogens is 1. The molecule has 0 N–H and O–H groups in total. The first-order chi connectivity index (χ1) is 7.63. The van der Waals surface area contributed by atoms with E-state index in [9.17, 15) is 9.59 Å². The molecule has 0 saturated heterocycles. The molecule has 5 heteroatoms. The average Bonchev–Trinajstić information content (AvgIpc) is 2.26. The second-order valence-corrected chi connectivity index (χ2v) is 4.02. The number of hydrogen-bond donors (Lipinski definition) is 0. The largest absolute Gasteiger partial charge is 0.281 e. The van der Waals surface area contributed by atoms with Crippen molar-refractivity contribution >= 4 is 16.8 Å². The number of aryl methyl sites for hydroxylation is 2. The Hall–Kier alpha value is -1.16. The molecule has 0 aliphatic rings. The minimum absolute atomic E-state index is 0.102. The smallest absolute Gasteiger partial charge is 0.266 e. The van der Waals surface area contributed by atoms with Gasteiger partial charge in [0.05, 0.1) is 5.69 Å². The monoisotopic (exact) mass is 242 g/mol. The van der Waals surface area contributed by atoms with Gasteiger partial charge in [0, 0.05) is 19.0 Å². The number of rotatable bonds is 6. The Morgan fingerprint density at radius 1 is 1.50 bits per heavy atom. The number of nitrogens with zero attached hydrogens (tertiary/aromatic N) is 2. The maximum absolute atomic E-state index is 11.4. The maximum Gasteiger partial charge on any atom is 0.266 e. The standard InChI is InChI=1S/C11H15ClN2O2/c1-2-3-8-14-11(16)7-5-9(13-14)4-6-10(12)15/h5,7H,2-4,6,8H2,1H3. The highest BCUT2D eigenvalue weighted by Gasteiger charge is 2.02. The van der Waals surface area contributed by atoms with Crippen LogP contribution in [0.1, 0.15) is 31.9 Å². The molecule has 1 heterocycles. The lowest BCUT2D eigenvalue weighted by atomic mass is 10.2. The fourth-order valence-corrected chi connectivity index (χ4v) is 1.41. The first kappa shape index (κ1) is 12.9. The highest BCUT2D eigenvalue weighted by Crippen LogP contribution is 2.00. The van der Waals surface area contributed by atoms with Crippen LogP contribution in [0.15, 0.2) is 16.9 Å². The van der Waals surface area contributed by atoms with Gasteiger partial charge >= 0.3 is 0 Å². The molecule has 0 saturated carbocycles. The lowest BCUT2D eigenvalue weighted by Gasteiger charge is -2.05. The average molecular weight is 243 g/mol. The van der Waals surface area contributed by atoms with Crippen molar-refractivity contribution in [3.8, 4) is 0 Å². The van der Waals surface area contributed by atoms with Gasteiger partial charge in [-0.1, -0.05) is 13.3 Å². The van der Waals surface area contributed by atoms with Crippen LogP contribution < -0.4 is 5.56 Å². The normalized spacial score (nSPS) is 10.4. The third-order valence-electron chi connectivity index (χ3n) is 2.22. The summed E-state index contributed by atoms with van der Waals surface area (Å²) < 4.78 is 1.44. The third kappa shape index (κ3) is 4.14. The molecule has 0 atom stereocenters. The molecule has 0 radical (unpaired) electrons. The van der Waals surface area contributed by atoms with Gasteiger partial charge in [-0.25, -0.2) is 4.68 Å². The molecule has 1 rings (SSSR count). The molecule has 0 aliphatic heterocycles. The van der Waals surface area contributed by atoms with Crippen molar-refractivity contribution in [3.05, 3.63) is 28.2 Å². The predicted molar refractivity (Wildman–Crippen MR) is 62.6 cm³/mol. The molecule has 0 aliphatic carbocycles. The van der Waals surface area contributed by atoms with E-state index in [0.717, 1.165) is 18.5 Å². The van der Waals surface area contributed by atoms with E-state index in [1.54, 1.807) is 6.07 Å². The van der Waals surface area contributed by atoms with E-state index in [4.69, 9.17) is 11.6 Å². The van der Waals surface area contributed by atoms with Gasteiger partial charge in [0.1, 0.15) is 0 Å². The summed E-state index contributed by atoms with van der Waals surface area (Å²) in [4.78, 5) is 22.0. The minimum Gasteiger partial charge on any atom is -0.281 e. The highest BCUT2D eigenvalue weighted by molar-refractivity contribution is 6.63. The molecule has 0 amide bonds. The Kier molecular flexibility index (Phi) is 5.19. The van der Waals surface area contributed by atoms with E-state index in [1.807, 2.05) is 0 Å². The number of carbonyl (C=O) groups is 1. The van der Waals surface area contributed by atoms with Crippen LogP contribution in [-0.2, 0) is 17.8 Å². The second kappa shape index (κ2) is 6.43. The van der Waals surface area contributed by atoms with Gasteiger partial charge in [-0.3, -0.25) is 9.59 Å². The van der Waals surface area contributed by atoms with Crippen LogP contribution in [0.5, 0.6) is 0 Å². The Balaban J connectivity index is 2.72. The van der Waals surface area contributed by atoms with Crippen molar-refractivity contribution in [2.45, 2.75) is 39.2 Å². The Bertz CT molecular complexity index is 415. The molecular formula is C11H15ClN2O2. The molecule has 4 nitrogen and oxygen atoms in total. The summed E-state index contributed by atoms with van der Waals surface area (Å²) in [5.41, 5.74) is 0.624. The van der Waals surface area contributed by atoms with E-state index in [1.165, 1.54) is 10.7 Å². The molecule has 88 valence electrons. The van der Waals surface area contributed by atoms with Crippen molar-refractivity contribution in [1.82, 2.24) is 9.78 Å². The molecule has 1 aromatic rings. The zero-order chi connectivity index (χ0) is 12.0. The van der Waals surface area contributed by atoms with Gasteiger partial charge in [-0.15, -0.1) is 0 Å². The molecular weight excluding hydrogens is 228 g/mol. The summed E-state index contributed by atoms with van der Waals surface area (Å²) in [6, 6.07) is 3.13. The molecule has 0 bridgehead atoms. The summed E-state index contributed by atoms with van der Waals surface area (Å²) in [6.45, 7) is 2.68. The fourth-order valence-electron chi connectivity index (χ4n) is 1.32. The first-order valence-corrected chi connectivity index (χ1v) is 5.76. The summed E-state index contributed by atoms with van der Waals surface area (Å²) >= 11 is 5.25. The van der Waals surface area contributed by atoms with Gasteiger partial charge in [-0.2, -0.15) is 5.10 Å². The van der Waals surface area contributed by atoms with Gasteiger partial charge in [0.25, 0.3) is 5.56 Å². The van der Waals surface area contributed by atoms with Crippen molar-refractivity contribution in [2.75, 3.05) is 0 Å². The van der Waals surface area contributed by atoms with E-state index >= 15 is 0 Å². The molecule has 0 fully saturated rings. The lowest BCUT2D eigenvalue weighted by Crippen LogP contribution is -2.23. The molecule has 0 unspecified atom stereocenters. The predicted octanol–water partition coefficient (Wildman–Crippen LogP) is 1.74. The van der Waals surface area contributed by atoms with Crippen LogP contribution in [0.3, 0.4) is 0 Å². The summed E-state index contributed by atoms with van der Waals surface area (Å²) in [6.07, 6.45) is 2.67. The van der Waals surface area contributed by atoms with E-state index < -0.39 is 0 Å². The fraction of sp³-hybridized carbons (Fsp3) is 0.545. The van der Waals surface area contributed by atoms with Crippen LogP contribution in [0.25, 0.3) is 0 Å². The van der Waals surface area contributed by atoms with E-state index in [0.29, 0.717) is 13.0 Å². The Morgan fingerprint density at radius 3 is 2.88 bits per heavy atom. The zero-order valence-corrected chi connectivity index (χ0v) is 10.0. The highest BCUT2D eigenvalue weighted by atomic mass is 35.5. The van der Waals surface area contributed by atoms with Gasteiger partial charge in [0.15, 0.2) is 0 Å². The lowest BCUT2D eigenvalue weighted by molar-refractivity contribution is -0.111. The van der Waals surface area contributed by atoms with Crippen molar-refractivity contribution in [2.24, 2.45) is 0 Å². The third-order valence-corrected chi connectivity index (χ3v) is 2.41. The van der Waals surface area contributed by atoms with E-state index in [-0.39, 0.29) is 17.2 Å². The number of hydrogen-bond acceptors (Lipinski definition) is 3. The van der Waals surface area contributed by atoms with Crippen LogP contribution >= 0.6 is 11.6 Å². The number of unbranched alkanes of at least 4 members (excludes halogenated alkanes) is 1. The van der Waals surface area contributed by atoms with Crippen LogP contribution in [0.4, 0.5) is 0 Å². The second-order valence-electron chi connectivity index (χ2n) is 3.59. The quantitative estimate of drug-likeness (QED) is 0.714. The molecule has 16 heavy (non-hydrogen) atoms. The van der Waals surface area contributed by atoms with Crippen molar-refractivity contribution < 1.29 is 4.79 Å². The first-order valence-electron chi connectivity index (χ1n) is 5.39. The topological polar surface area (TPSA) is 52.0 Å². The van der Waals surface area contributed by atoms with Gasteiger partial charge in [-0.05, 0) is 30.5 Å². The number of aromatic nitrogens is 2. The molecule has 1 aromatic heterocycles. The summed E-state index contributed by atoms with van der Waals surface area (Å²) in [5, 5.41) is 3.79. The summed E-state index contributed by atoms with van der Waals surface area (Å²) in [7, 11) is 0. The molecule has 0 aromatic carbocycles. The van der Waals surface area contributed by atoms with Crippen LogP contribution in [0.2, 0.25) is 0 Å². The van der Waals surface area contributed by atoms with Crippen LogP contribution in [0, 0.1) is 0 Å². The van der Waals surface area contributed by atoms with Crippen LogP contribution in [-0.4, -0.2) is 15.0 Å². The summed E-state index contributed by atoms with van der Waals surface area (Å²) in [5.74, 6) is 0. The van der Waals surface area contributed by atoms with Crippen molar-refractivity contribution in [3.63, 3.8) is 0 Å². The molecule has 0 spiro atoms. The van der Waals surface area contributed by atoms with E-state index in [2.05, 4.69) is 12.0 Å². The Labute approximate surface area is 99.2 Å². The van der Waals surface area contributed by atoms with Crippen molar-refractivity contribution in [1.29, 1.82) is 0 Å². The van der Waals surface area contributed by atoms with Gasteiger partial charge in [0.2, 0.25) is 5.24 Å².